The van der Waals surface area contributed by atoms with Gasteiger partial charge in [-0.1, -0.05) is 0 Å². The minimum Gasteiger partial charge on any atom is -0.508 e. The molecule has 0 radical (unpaired) electrons. The van der Waals surface area contributed by atoms with Crippen LogP contribution in [0.1, 0.15) is 10.6 Å². The monoisotopic (exact) mass is 284 g/mol. The summed E-state index contributed by atoms with van der Waals surface area (Å²) in [6.45, 7) is 3.44. The summed E-state index contributed by atoms with van der Waals surface area (Å²) in [5, 5.41) is 10.1. The van der Waals surface area contributed by atoms with Crippen LogP contribution in [0.2, 0.25) is 0 Å². The summed E-state index contributed by atoms with van der Waals surface area (Å²) in [5.41, 5.74) is 1.02. The predicted octanol–water partition coefficient (Wildman–Crippen LogP) is 2.27. The molecule has 0 saturated carbocycles. The largest absolute Gasteiger partial charge is 0.508 e. The zero-order valence-electron chi connectivity index (χ0n) is 9.84. The number of hydrogen-bond donors (Lipinski definition) is 2. The molecule has 0 aliphatic rings. The second-order valence-electron chi connectivity index (χ2n) is 3.81. The fourth-order valence-corrected chi connectivity index (χ4v) is 3.55. The first-order valence-electron chi connectivity index (χ1n) is 5.13. The summed E-state index contributed by atoms with van der Waals surface area (Å²) < 4.78 is 26.6. The summed E-state index contributed by atoms with van der Waals surface area (Å²) in [4.78, 5) is 3.92. The van der Waals surface area contributed by atoms with Gasteiger partial charge in [0.25, 0.3) is 10.0 Å². The number of hydrogen-bond acceptors (Lipinski definition) is 5. The molecule has 7 heteroatoms. The first-order chi connectivity index (χ1) is 8.38. The molecule has 5 nitrogen and oxygen atoms in total. The van der Waals surface area contributed by atoms with Gasteiger partial charge in [0, 0.05) is 5.69 Å². The number of sulfonamides is 1. The summed E-state index contributed by atoms with van der Waals surface area (Å²) in [6, 6.07) is 4.53. The topological polar surface area (TPSA) is 79.3 Å². The fourth-order valence-electron chi connectivity index (χ4n) is 1.39. The molecule has 2 rings (SSSR count). The van der Waals surface area contributed by atoms with Crippen LogP contribution in [0.3, 0.4) is 0 Å². The van der Waals surface area contributed by atoms with Gasteiger partial charge in [0.2, 0.25) is 0 Å². The number of aromatic hydroxyl groups is 1. The van der Waals surface area contributed by atoms with Crippen molar-refractivity contribution in [2.75, 3.05) is 4.72 Å². The standard InChI is InChI=1S/C11H12N2O3S2/c1-7-5-9(3-4-10(7)14)13-18(15,16)11-6-12-8(2)17-11/h3-6,13-14H,1-2H3. The number of anilines is 1. The van der Waals surface area contributed by atoms with Crippen LogP contribution in [0, 0.1) is 13.8 Å². The van der Waals surface area contributed by atoms with Gasteiger partial charge in [0.05, 0.1) is 11.2 Å². The van der Waals surface area contributed by atoms with E-state index in [-0.39, 0.29) is 9.96 Å². The van der Waals surface area contributed by atoms with Crippen LogP contribution in [-0.4, -0.2) is 18.5 Å². The van der Waals surface area contributed by atoms with Gasteiger partial charge < -0.3 is 5.11 Å². The second-order valence-corrected chi connectivity index (χ2v) is 6.95. The van der Waals surface area contributed by atoms with Gasteiger partial charge in [-0.05, 0) is 37.6 Å². The molecule has 0 aliphatic carbocycles. The Hall–Kier alpha value is -1.60. The van der Waals surface area contributed by atoms with Gasteiger partial charge in [-0.3, -0.25) is 4.72 Å². The number of rotatable bonds is 3. The number of aryl methyl sites for hydroxylation is 2. The van der Waals surface area contributed by atoms with Crippen LogP contribution >= 0.6 is 11.3 Å². The predicted molar refractivity (Wildman–Crippen MR) is 70.5 cm³/mol. The van der Waals surface area contributed by atoms with Gasteiger partial charge >= 0.3 is 0 Å². The molecule has 0 atom stereocenters. The van der Waals surface area contributed by atoms with Gasteiger partial charge in [0.1, 0.15) is 5.75 Å². The zero-order valence-corrected chi connectivity index (χ0v) is 11.5. The molecule has 1 aromatic carbocycles. The molecule has 1 heterocycles. The number of nitrogens with zero attached hydrogens (tertiary/aromatic N) is 1. The number of thiazole rings is 1. The molecule has 2 N–H and O–H groups in total. The maximum Gasteiger partial charge on any atom is 0.273 e. The third-order valence-electron chi connectivity index (χ3n) is 2.31. The van der Waals surface area contributed by atoms with E-state index in [1.165, 1.54) is 18.3 Å². The molecule has 0 bridgehead atoms. The highest BCUT2D eigenvalue weighted by Gasteiger charge is 2.17. The number of benzene rings is 1. The van der Waals surface area contributed by atoms with Crippen molar-refractivity contribution in [1.82, 2.24) is 4.98 Å². The van der Waals surface area contributed by atoms with Crippen molar-refractivity contribution in [3.8, 4) is 5.75 Å². The fraction of sp³-hybridized carbons (Fsp3) is 0.182. The Bertz CT molecular complexity index is 677. The second kappa shape index (κ2) is 4.58. The Kier molecular flexibility index (Phi) is 3.27. The minimum atomic E-state index is -3.60. The third-order valence-corrected chi connectivity index (χ3v) is 5.07. The molecule has 0 spiro atoms. The first kappa shape index (κ1) is 12.8. The molecule has 96 valence electrons. The SMILES string of the molecule is Cc1ncc(S(=O)(=O)Nc2ccc(O)c(C)c2)s1. The highest BCUT2D eigenvalue weighted by atomic mass is 32.2. The molecule has 0 aliphatic heterocycles. The lowest BCUT2D eigenvalue weighted by Crippen LogP contribution is -2.11. The van der Waals surface area contributed by atoms with Gasteiger partial charge in [-0.2, -0.15) is 0 Å². The van der Waals surface area contributed by atoms with Crippen LogP contribution < -0.4 is 4.72 Å². The Labute approximate surface area is 109 Å². The molecule has 18 heavy (non-hydrogen) atoms. The number of phenols is 1. The summed E-state index contributed by atoms with van der Waals surface area (Å²) in [6.07, 6.45) is 1.33. The van der Waals surface area contributed by atoms with Crippen LogP contribution in [-0.2, 0) is 10.0 Å². The van der Waals surface area contributed by atoms with Crippen molar-refractivity contribution >= 4 is 27.0 Å². The number of nitrogens with one attached hydrogen (secondary N) is 1. The van der Waals surface area contributed by atoms with Crippen molar-refractivity contribution in [2.45, 2.75) is 18.1 Å². The van der Waals surface area contributed by atoms with Crippen molar-refractivity contribution in [3.63, 3.8) is 0 Å². The lowest BCUT2D eigenvalue weighted by atomic mass is 10.2. The highest BCUT2D eigenvalue weighted by molar-refractivity contribution is 7.94. The van der Waals surface area contributed by atoms with E-state index in [1.807, 2.05) is 0 Å². The third kappa shape index (κ3) is 2.62. The van der Waals surface area contributed by atoms with E-state index >= 15 is 0 Å². The van der Waals surface area contributed by atoms with Gasteiger partial charge in [-0.25, -0.2) is 13.4 Å². The van der Waals surface area contributed by atoms with Crippen molar-refractivity contribution in [3.05, 3.63) is 35.0 Å². The summed E-state index contributed by atoms with van der Waals surface area (Å²) >= 11 is 1.11. The van der Waals surface area contributed by atoms with E-state index in [4.69, 9.17) is 0 Å². The lowest BCUT2D eigenvalue weighted by Gasteiger charge is -2.07. The van der Waals surface area contributed by atoms with Crippen molar-refractivity contribution in [1.29, 1.82) is 0 Å². The maximum atomic E-state index is 12.0. The normalized spacial score (nSPS) is 11.4. The molecular weight excluding hydrogens is 272 g/mol. The average molecular weight is 284 g/mol. The van der Waals surface area contributed by atoms with E-state index < -0.39 is 10.0 Å². The van der Waals surface area contributed by atoms with Crippen LogP contribution in [0.4, 0.5) is 5.69 Å². The van der Waals surface area contributed by atoms with Gasteiger partial charge in [-0.15, -0.1) is 11.3 Å². The maximum absolute atomic E-state index is 12.0. The average Bonchev–Trinajstić information content (AvgIpc) is 2.71. The minimum absolute atomic E-state index is 0.131. The van der Waals surface area contributed by atoms with E-state index in [9.17, 15) is 13.5 Å². The quantitative estimate of drug-likeness (QED) is 0.847. The van der Waals surface area contributed by atoms with E-state index in [1.54, 1.807) is 19.9 Å². The van der Waals surface area contributed by atoms with Crippen LogP contribution in [0.25, 0.3) is 0 Å². The van der Waals surface area contributed by atoms with Crippen LogP contribution in [0.5, 0.6) is 5.75 Å². The molecule has 0 fully saturated rings. The molecular formula is C11H12N2O3S2. The van der Waals surface area contributed by atoms with Crippen molar-refractivity contribution < 1.29 is 13.5 Å². The Balaban J connectivity index is 2.30. The smallest absolute Gasteiger partial charge is 0.273 e. The Morgan fingerprint density at radius 1 is 1.33 bits per heavy atom. The summed E-state index contributed by atoms with van der Waals surface area (Å²) in [7, 11) is -3.60. The van der Waals surface area contributed by atoms with E-state index in [0.29, 0.717) is 16.3 Å². The molecule has 0 saturated heterocycles. The van der Waals surface area contributed by atoms with Crippen LogP contribution in [0.15, 0.2) is 28.6 Å². The summed E-state index contributed by atoms with van der Waals surface area (Å²) in [5.74, 6) is 0.131. The van der Waals surface area contributed by atoms with Gasteiger partial charge in [0.15, 0.2) is 4.21 Å². The molecule has 1 aromatic heterocycles. The first-order valence-corrected chi connectivity index (χ1v) is 7.43. The molecule has 0 unspecified atom stereocenters. The van der Waals surface area contributed by atoms with E-state index in [2.05, 4.69) is 9.71 Å². The highest BCUT2D eigenvalue weighted by Crippen LogP contribution is 2.24. The Morgan fingerprint density at radius 3 is 2.61 bits per heavy atom. The molecule has 2 aromatic rings. The number of aromatic nitrogens is 1. The Morgan fingerprint density at radius 2 is 2.06 bits per heavy atom. The molecule has 0 amide bonds. The zero-order chi connectivity index (χ0) is 13.3. The van der Waals surface area contributed by atoms with Crippen molar-refractivity contribution in [2.24, 2.45) is 0 Å². The number of phenolic OH excluding ortho intramolecular Hbond substituents is 1. The van der Waals surface area contributed by atoms with E-state index in [0.717, 1.165) is 11.3 Å². The lowest BCUT2D eigenvalue weighted by molar-refractivity contribution is 0.471.